The van der Waals surface area contributed by atoms with E-state index in [0.717, 1.165) is 48.6 Å². The summed E-state index contributed by atoms with van der Waals surface area (Å²) in [6, 6.07) is 0. The van der Waals surface area contributed by atoms with Crippen molar-refractivity contribution in [2.24, 2.45) is 11.8 Å². The third kappa shape index (κ3) is 2.50. The molecule has 110 valence electrons. The molecule has 5 heteroatoms. The first kappa shape index (κ1) is 13.1. The fourth-order valence-corrected chi connectivity index (χ4v) is 4.27. The van der Waals surface area contributed by atoms with Crippen LogP contribution in [0.25, 0.3) is 0 Å². The van der Waals surface area contributed by atoms with Crippen LogP contribution in [0.3, 0.4) is 0 Å². The van der Waals surface area contributed by atoms with Crippen LogP contribution in [-0.4, -0.2) is 29.1 Å². The zero-order valence-corrected chi connectivity index (χ0v) is 12.6. The fraction of sp³-hybridized carbons (Fsp3) is 0.500. The highest BCUT2D eigenvalue weighted by molar-refractivity contribution is 7.17. The van der Waals surface area contributed by atoms with Gasteiger partial charge in [0, 0.05) is 19.5 Å². The van der Waals surface area contributed by atoms with Gasteiger partial charge in [0.25, 0.3) is 0 Å². The van der Waals surface area contributed by atoms with Gasteiger partial charge in [0.05, 0.1) is 5.69 Å². The standard InChI is InChI=1S/C16H18N2O2S/c19-15(20)14-13(6-10-4-2-1-3-5-10)17-16(21-14)18-8-11-7-12(11)9-18/h1-2,4,11-12H,3,5-9H2,(H,19,20)/t11-,12+. The van der Waals surface area contributed by atoms with E-state index < -0.39 is 5.97 Å². The van der Waals surface area contributed by atoms with E-state index in [1.165, 1.54) is 23.3 Å². The van der Waals surface area contributed by atoms with Gasteiger partial charge in [0.15, 0.2) is 5.13 Å². The van der Waals surface area contributed by atoms with E-state index in [-0.39, 0.29) is 0 Å². The highest BCUT2D eigenvalue weighted by atomic mass is 32.1. The van der Waals surface area contributed by atoms with Gasteiger partial charge in [0.1, 0.15) is 4.88 Å². The van der Waals surface area contributed by atoms with E-state index in [9.17, 15) is 9.90 Å². The van der Waals surface area contributed by atoms with Crippen LogP contribution in [0.2, 0.25) is 0 Å². The van der Waals surface area contributed by atoms with Crippen molar-refractivity contribution in [3.8, 4) is 0 Å². The lowest BCUT2D eigenvalue weighted by Gasteiger charge is -2.15. The third-order valence-corrected chi connectivity index (χ3v) is 5.77. The molecule has 0 spiro atoms. The molecule has 4 nitrogen and oxygen atoms in total. The maximum absolute atomic E-state index is 11.5. The second-order valence-electron chi connectivity index (χ2n) is 6.21. The number of hydrogen-bond donors (Lipinski definition) is 1. The van der Waals surface area contributed by atoms with Crippen LogP contribution >= 0.6 is 11.3 Å². The van der Waals surface area contributed by atoms with Crippen molar-refractivity contribution in [1.29, 1.82) is 0 Å². The highest BCUT2D eigenvalue weighted by Crippen LogP contribution is 2.47. The van der Waals surface area contributed by atoms with Crippen LogP contribution in [0.4, 0.5) is 5.13 Å². The van der Waals surface area contributed by atoms with Crippen LogP contribution in [0, 0.1) is 11.8 Å². The summed E-state index contributed by atoms with van der Waals surface area (Å²) in [5.74, 6) is 0.818. The zero-order chi connectivity index (χ0) is 14.4. The second kappa shape index (κ2) is 4.98. The van der Waals surface area contributed by atoms with Crippen LogP contribution in [0.1, 0.15) is 34.6 Å². The summed E-state index contributed by atoms with van der Waals surface area (Å²) in [5, 5.41) is 10.3. The Labute approximate surface area is 127 Å². The van der Waals surface area contributed by atoms with E-state index in [0.29, 0.717) is 11.3 Å². The smallest absolute Gasteiger partial charge is 0.347 e. The fourth-order valence-electron chi connectivity index (χ4n) is 3.33. The quantitative estimate of drug-likeness (QED) is 0.928. The molecule has 0 aromatic carbocycles. The molecular weight excluding hydrogens is 284 g/mol. The summed E-state index contributed by atoms with van der Waals surface area (Å²) in [7, 11) is 0. The van der Waals surface area contributed by atoms with Crippen molar-refractivity contribution in [2.45, 2.75) is 25.7 Å². The van der Waals surface area contributed by atoms with Crippen molar-refractivity contribution in [3.05, 3.63) is 34.4 Å². The lowest BCUT2D eigenvalue weighted by molar-refractivity contribution is 0.0701. The Morgan fingerprint density at radius 3 is 2.90 bits per heavy atom. The first-order valence-corrected chi connectivity index (χ1v) is 8.35. The van der Waals surface area contributed by atoms with Gasteiger partial charge in [-0.2, -0.15) is 0 Å². The van der Waals surface area contributed by atoms with Crippen molar-refractivity contribution in [3.63, 3.8) is 0 Å². The van der Waals surface area contributed by atoms with Crippen LogP contribution in [0.5, 0.6) is 0 Å². The van der Waals surface area contributed by atoms with Gasteiger partial charge >= 0.3 is 5.97 Å². The predicted molar refractivity (Wildman–Crippen MR) is 83.0 cm³/mol. The Kier molecular flexibility index (Phi) is 3.10. The molecule has 2 fully saturated rings. The number of anilines is 1. The Bertz CT molecular complexity index is 637. The van der Waals surface area contributed by atoms with Gasteiger partial charge in [-0.3, -0.25) is 0 Å². The molecule has 1 saturated heterocycles. The largest absolute Gasteiger partial charge is 0.477 e. The molecule has 0 bridgehead atoms. The minimum Gasteiger partial charge on any atom is -0.477 e. The number of rotatable bonds is 4. The maximum atomic E-state index is 11.5. The molecular formula is C16H18N2O2S. The number of aromatic nitrogens is 1. The number of allylic oxidation sites excluding steroid dienone is 4. The Hall–Kier alpha value is -1.62. The Morgan fingerprint density at radius 1 is 1.43 bits per heavy atom. The number of carbonyl (C=O) groups is 1. The number of thiazole rings is 1. The molecule has 2 heterocycles. The lowest BCUT2D eigenvalue weighted by atomic mass is 10.0. The van der Waals surface area contributed by atoms with Gasteiger partial charge in [-0.15, -0.1) is 0 Å². The maximum Gasteiger partial charge on any atom is 0.347 e. The normalized spacial score (nSPS) is 26.7. The van der Waals surface area contributed by atoms with Crippen molar-refractivity contribution in [1.82, 2.24) is 4.98 Å². The summed E-state index contributed by atoms with van der Waals surface area (Å²) in [6.07, 6.45) is 10.4. The van der Waals surface area contributed by atoms with Gasteiger partial charge in [-0.25, -0.2) is 9.78 Å². The summed E-state index contributed by atoms with van der Waals surface area (Å²) < 4.78 is 0. The molecule has 2 aliphatic carbocycles. The average molecular weight is 302 g/mol. The third-order valence-electron chi connectivity index (χ3n) is 4.62. The van der Waals surface area contributed by atoms with E-state index >= 15 is 0 Å². The van der Waals surface area contributed by atoms with Crippen molar-refractivity contribution >= 4 is 22.4 Å². The number of aromatic carboxylic acids is 1. The molecule has 1 N–H and O–H groups in total. The minimum atomic E-state index is -0.843. The molecule has 0 radical (unpaired) electrons. The number of piperidine rings is 1. The summed E-state index contributed by atoms with van der Waals surface area (Å²) in [5.41, 5.74) is 2.02. The molecule has 0 unspecified atom stereocenters. The molecule has 4 rings (SSSR count). The SMILES string of the molecule is O=C(O)c1sc(N2C[C@H]3C[C@H]3C2)nc1CC1=CC=CCC1. The van der Waals surface area contributed by atoms with Gasteiger partial charge in [-0.1, -0.05) is 35.1 Å². The Morgan fingerprint density at radius 2 is 2.24 bits per heavy atom. The molecule has 21 heavy (non-hydrogen) atoms. The van der Waals surface area contributed by atoms with E-state index in [1.807, 2.05) is 0 Å². The summed E-state index contributed by atoms with van der Waals surface area (Å²) >= 11 is 1.35. The van der Waals surface area contributed by atoms with E-state index in [4.69, 9.17) is 0 Å². The minimum absolute atomic E-state index is 0.418. The first-order valence-electron chi connectivity index (χ1n) is 7.53. The van der Waals surface area contributed by atoms with Crippen LogP contribution in [0.15, 0.2) is 23.8 Å². The number of fused-ring (bicyclic) bond motifs is 1. The van der Waals surface area contributed by atoms with Gasteiger partial charge in [0.2, 0.25) is 0 Å². The lowest BCUT2D eigenvalue weighted by Crippen LogP contribution is -2.21. The monoisotopic (exact) mass is 302 g/mol. The van der Waals surface area contributed by atoms with Gasteiger partial charge in [-0.05, 0) is 31.1 Å². The molecule has 1 aliphatic heterocycles. The average Bonchev–Trinajstić information content (AvgIpc) is 2.91. The molecule has 1 aromatic heterocycles. The molecule has 0 amide bonds. The topological polar surface area (TPSA) is 53.4 Å². The van der Waals surface area contributed by atoms with E-state index in [2.05, 4.69) is 28.1 Å². The highest BCUT2D eigenvalue weighted by Gasteiger charge is 2.46. The van der Waals surface area contributed by atoms with Crippen molar-refractivity contribution < 1.29 is 9.90 Å². The molecule has 1 saturated carbocycles. The molecule has 1 aromatic rings. The summed E-state index contributed by atoms with van der Waals surface area (Å²) in [4.78, 5) is 18.8. The number of carboxylic acids is 1. The molecule has 3 aliphatic rings. The summed E-state index contributed by atoms with van der Waals surface area (Å²) in [6.45, 7) is 2.12. The van der Waals surface area contributed by atoms with Gasteiger partial charge < -0.3 is 10.0 Å². The Balaban J connectivity index is 1.59. The molecule has 2 atom stereocenters. The number of carboxylic acid groups (broad SMARTS) is 1. The first-order chi connectivity index (χ1) is 10.2. The van der Waals surface area contributed by atoms with Crippen molar-refractivity contribution in [2.75, 3.05) is 18.0 Å². The van der Waals surface area contributed by atoms with Crippen LogP contribution < -0.4 is 4.90 Å². The second-order valence-corrected chi connectivity index (χ2v) is 7.18. The zero-order valence-electron chi connectivity index (χ0n) is 11.8. The van der Waals surface area contributed by atoms with E-state index in [1.54, 1.807) is 0 Å². The number of hydrogen-bond acceptors (Lipinski definition) is 4. The number of nitrogens with zero attached hydrogens (tertiary/aromatic N) is 2. The van der Waals surface area contributed by atoms with Crippen LogP contribution in [-0.2, 0) is 6.42 Å². The predicted octanol–water partition coefficient (Wildman–Crippen LogP) is 3.12.